The van der Waals surface area contributed by atoms with Crippen LogP contribution in [0.3, 0.4) is 0 Å². The van der Waals surface area contributed by atoms with E-state index in [1.807, 2.05) is 14.1 Å². The van der Waals surface area contributed by atoms with Crippen LogP contribution in [0.1, 0.15) is 23.3 Å². The molecule has 0 aliphatic rings. The topological polar surface area (TPSA) is 58.1 Å². The van der Waals surface area contributed by atoms with E-state index in [1.165, 1.54) is 12.4 Å². The summed E-state index contributed by atoms with van der Waals surface area (Å²) >= 11 is 5.58. The van der Waals surface area contributed by atoms with Gasteiger partial charge in [-0.25, -0.2) is 9.97 Å². The molecule has 0 unspecified atom stereocenters. The summed E-state index contributed by atoms with van der Waals surface area (Å²) in [4.78, 5) is 21.4. The molecule has 17 heavy (non-hydrogen) atoms. The van der Waals surface area contributed by atoms with E-state index < -0.39 is 0 Å². The van der Waals surface area contributed by atoms with Crippen molar-refractivity contribution in [2.45, 2.75) is 12.8 Å². The van der Waals surface area contributed by atoms with Crippen LogP contribution in [0.25, 0.3) is 0 Å². The van der Waals surface area contributed by atoms with E-state index in [-0.39, 0.29) is 11.1 Å². The number of aromatic nitrogens is 2. The first-order valence-corrected chi connectivity index (χ1v) is 5.88. The first kappa shape index (κ1) is 13.9. The summed E-state index contributed by atoms with van der Waals surface area (Å²) in [7, 11) is 4.06. The van der Waals surface area contributed by atoms with E-state index in [2.05, 4.69) is 20.2 Å². The van der Waals surface area contributed by atoms with Crippen molar-refractivity contribution in [3.05, 3.63) is 23.2 Å². The molecule has 0 saturated heterocycles. The number of unbranched alkanes of at least 4 members (excludes halogenated alkanes) is 1. The highest BCUT2D eigenvalue weighted by Crippen LogP contribution is 2.01. The Balaban J connectivity index is 2.23. The summed E-state index contributed by atoms with van der Waals surface area (Å²) in [6.45, 7) is 1.67. The molecule has 0 aromatic carbocycles. The van der Waals surface area contributed by atoms with Gasteiger partial charge in [0.1, 0.15) is 10.8 Å². The van der Waals surface area contributed by atoms with Gasteiger partial charge in [-0.1, -0.05) is 11.6 Å². The van der Waals surface area contributed by atoms with Crippen LogP contribution in [-0.4, -0.2) is 48.0 Å². The van der Waals surface area contributed by atoms with E-state index in [0.717, 1.165) is 19.4 Å². The first-order chi connectivity index (χ1) is 8.09. The maximum atomic E-state index is 11.6. The summed E-state index contributed by atoms with van der Waals surface area (Å²) in [5, 5.41) is 3.07. The Morgan fingerprint density at radius 2 is 2.12 bits per heavy atom. The molecule has 1 N–H and O–H groups in total. The van der Waals surface area contributed by atoms with Crippen LogP contribution in [0.5, 0.6) is 0 Å². The molecule has 1 amide bonds. The van der Waals surface area contributed by atoms with Gasteiger partial charge in [0, 0.05) is 6.54 Å². The molecule has 1 aromatic rings. The molecule has 0 fully saturated rings. The molecule has 1 rings (SSSR count). The monoisotopic (exact) mass is 256 g/mol. The second-order valence-corrected chi connectivity index (χ2v) is 4.38. The lowest BCUT2D eigenvalue weighted by molar-refractivity contribution is 0.0947. The standard InChI is InChI=1S/C11H17ClN4O/c1-16(2)6-4-3-5-13-11(17)9-7-15-10(12)8-14-9/h7-8H,3-6H2,1-2H3,(H,13,17). The Kier molecular flexibility index (Phi) is 5.86. The van der Waals surface area contributed by atoms with E-state index >= 15 is 0 Å². The Hall–Kier alpha value is -1.20. The van der Waals surface area contributed by atoms with Crippen LogP contribution < -0.4 is 5.32 Å². The second kappa shape index (κ2) is 7.19. The van der Waals surface area contributed by atoms with Crippen molar-refractivity contribution in [2.24, 2.45) is 0 Å². The van der Waals surface area contributed by atoms with Crippen molar-refractivity contribution in [2.75, 3.05) is 27.2 Å². The first-order valence-electron chi connectivity index (χ1n) is 5.50. The molecular weight excluding hydrogens is 240 g/mol. The number of nitrogens with one attached hydrogen (secondary N) is 1. The molecule has 0 atom stereocenters. The summed E-state index contributed by atoms with van der Waals surface area (Å²) in [6, 6.07) is 0. The van der Waals surface area contributed by atoms with Gasteiger partial charge in [-0.05, 0) is 33.5 Å². The van der Waals surface area contributed by atoms with E-state index in [1.54, 1.807) is 0 Å². The van der Waals surface area contributed by atoms with Crippen LogP contribution in [0.2, 0.25) is 5.15 Å². The van der Waals surface area contributed by atoms with Gasteiger partial charge in [-0.15, -0.1) is 0 Å². The maximum Gasteiger partial charge on any atom is 0.271 e. The molecule has 1 aromatic heterocycles. The molecule has 6 heteroatoms. The molecular formula is C11H17ClN4O. The molecule has 94 valence electrons. The number of carbonyl (C=O) groups excluding carboxylic acids is 1. The summed E-state index contributed by atoms with van der Waals surface area (Å²) in [5.74, 6) is -0.209. The SMILES string of the molecule is CN(C)CCCCNC(=O)c1cnc(Cl)cn1. The van der Waals surface area contributed by atoms with Crippen LogP contribution in [0.4, 0.5) is 0 Å². The van der Waals surface area contributed by atoms with Crippen molar-refractivity contribution in [1.82, 2.24) is 20.2 Å². The van der Waals surface area contributed by atoms with E-state index in [9.17, 15) is 4.79 Å². The van der Waals surface area contributed by atoms with Gasteiger partial charge in [0.05, 0.1) is 12.4 Å². The minimum atomic E-state index is -0.209. The molecule has 0 bridgehead atoms. The third-order valence-corrected chi connectivity index (χ3v) is 2.37. The van der Waals surface area contributed by atoms with Crippen molar-refractivity contribution in [1.29, 1.82) is 0 Å². The predicted molar refractivity (Wildman–Crippen MR) is 67.2 cm³/mol. The zero-order chi connectivity index (χ0) is 12.7. The highest BCUT2D eigenvalue weighted by atomic mass is 35.5. The van der Waals surface area contributed by atoms with Crippen LogP contribution >= 0.6 is 11.6 Å². The Labute approximate surface area is 106 Å². The molecule has 0 aliphatic carbocycles. The average Bonchev–Trinajstić information content (AvgIpc) is 2.29. The quantitative estimate of drug-likeness (QED) is 0.777. The lowest BCUT2D eigenvalue weighted by Crippen LogP contribution is -2.26. The zero-order valence-electron chi connectivity index (χ0n) is 10.1. The zero-order valence-corrected chi connectivity index (χ0v) is 10.9. The Bertz CT molecular complexity index is 353. The molecule has 1 heterocycles. The Morgan fingerprint density at radius 1 is 1.35 bits per heavy atom. The number of hydrogen-bond donors (Lipinski definition) is 1. The third kappa shape index (κ3) is 5.60. The van der Waals surface area contributed by atoms with Gasteiger partial charge in [-0.2, -0.15) is 0 Å². The normalized spacial score (nSPS) is 10.6. The third-order valence-electron chi connectivity index (χ3n) is 2.17. The largest absolute Gasteiger partial charge is 0.351 e. The van der Waals surface area contributed by atoms with Crippen molar-refractivity contribution in [3.63, 3.8) is 0 Å². The van der Waals surface area contributed by atoms with Crippen LogP contribution in [-0.2, 0) is 0 Å². The summed E-state index contributed by atoms with van der Waals surface area (Å²) < 4.78 is 0. The minimum absolute atomic E-state index is 0.209. The van der Waals surface area contributed by atoms with Crippen molar-refractivity contribution in [3.8, 4) is 0 Å². The number of nitrogens with zero attached hydrogens (tertiary/aromatic N) is 3. The van der Waals surface area contributed by atoms with Gasteiger partial charge in [-0.3, -0.25) is 4.79 Å². The number of carbonyl (C=O) groups is 1. The number of amides is 1. The van der Waals surface area contributed by atoms with Crippen LogP contribution in [0.15, 0.2) is 12.4 Å². The molecule has 0 radical (unpaired) electrons. The van der Waals surface area contributed by atoms with Crippen LogP contribution in [0, 0.1) is 0 Å². The Morgan fingerprint density at radius 3 is 2.71 bits per heavy atom. The van der Waals surface area contributed by atoms with Gasteiger partial charge in [0.25, 0.3) is 5.91 Å². The molecule has 5 nitrogen and oxygen atoms in total. The summed E-state index contributed by atoms with van der Waals surface area (Å²) in [5.41, 5.74) is 0.294. The highest BCUT2D eigenvalue weighted by Gasteiger charge is 2.06. The van der Waals surface area contributed by atoms with Gasteiger partial charge < -0.3 is 10.2 Å². The van der Waals surface area contributed by atoms with Gasteiger partial charge >= 0.3 is 0 Å². The fraction of sp³-hybridized carbons (Fsp3) is 0.545. The van der Waals surface area contributed by atoms with Crippen molar-refractivity contribution < 1.29 is 4.79 Å². The summed E-state index contributed by atoms with van der Waals surface area (Å²) in [6.07, 6.45) is 4.74. The fourth-order valence-electron chi connectivity index (χ4n) is 1.28. The van der Waals surface area contributed by atoms with E-state index in [4.69, 9.17) is 11.6 Å². The number of hydrogen-bond acceptors (Lipinski definition) is 4. The van der Waals surface area contributed by atoms with E-state index in [0.29, 0.717) is 12.2 Å². The fourth-order valence-corrected chi connectivity index (χ4v) is 1.37. The predicted octanol–water partition coefficient (Wildman–Crippen LogP) is 1.20. The maximum absolute atomic E-state index is 11.6. The lowest BCUT2D eigenvalue weighted by Gasteiger charge is -2.09. The molecule has 0 saturated carbocycles. The highest BCUT2D eigenvalue weighted by molar-refractivity contribution is 6.29. The van der Waals surface area contributed by atoms with Gasteiger partial charge in [0.15, 0.2) is 0 Å². The smallest absolute Gasteiger partial charge is 0.271 e. The van der Waals surface area contributed by atoms with Gasteiger partial charge in [0.2, 0.25) is 0 Å². The number of rotatable bonds is 6. The average molecular weight is 257 g/mol. The second-order valence-electron chi connectivity index (χ2n) is 3.99. The lowest BCUT2D eigenvalue weighted by atomic mass is 10.3. The van der Waals surface area contributed by atoms with Crippen molar-refractivity contribution >= 4 is 17.5 Å². The number of halogens is 1. The minimum Gasteiger partial charge on any atom is -0.351 e. The molecule has 0 spiro atoms. The molecule has 0 aliphatic heterocycles.